The van der Waals surface area contributed by atoms with E-state index in [1.807, 2.05) is 0 Å². The van der Waals surface area contributed by atoms with E-state index in [1.165, 1.54) is 0 Å². The average Bonchev–Trinajstić information content (AvgIpc) is 2.04. The van der Waals surface area contributed by atoms with E-state index in [-0.39, 0.29) is 12.8 Å². The van der Waals surface area contributed by atoms with Gasteiger partial charge in [-0.1, -0.05) is 13.8 Å². The van der Waals surface area contributed by atoms with Gasteiger partial charge in [-0.2, -0.15) is 0 Å². The highest BCUT2D eigenvalue weighted by atomic mass is 32.2. The molecule has 13 heavy (non-hydrogen) atoms. The number of rotatable bonds is 4. The van der Waals surface area contributed by atoms with Crippen LogP contribution in [0.15, 0.2) is 0 Å². The lowest BCUT2D eigenvalue weighted by atomic mass is 10.0. The smallest absolute Gasteiger partial charge is 0.324 e. The van der Waals surface area contributed by atoms with E-state index in [0.717, 1.165) is 0 Å². The predicted octanol–water partition coefficient (Wildman–Crippen LogP) is 0.856. The average molecular weight is 227 g/mol. The summed E-state index contributed by atoms with van der Waals surface area (Å²) in [6, 6.07) is 0. The third-order valence-corrected chi connectivity index (χ3v) is 4.92. The van der Waals surface area contributed by atoms with Crippen LogP contribution in [-0.2, 0) is 9.36 Å². The number of carbonyl (C=O) groups excluding carboxylic acids is 1. The maximum Gasteiger partial charge on any atom is 0.339 e. The fourth-order valence-electron chi connectivity index (χ4n) is 1.18. The van der Waals surface area contributed by atoms with Gasteiger partial charge in [-0.15, -0.1) is 0 Å². The van der Waals surface area contributed by atoms with E-state index in [4.69, 9.17) is 14.9 Å². The second-order valence-electron chi connectivity index (χ2n) is 2.69. The Hall–Kier alpha value is 0.130. The van der Waals surface area contributed by atoms with E-state index in [9.17, 15) is 9.36 Å². The molecule has 0 rings (SSSR count). The zero-order valence-corrected chi connectivity index (χ0v) is 9.27. The van der Waals surface area contributed by atoms with E-state index in [2.05, 4.69) is 0 Å². The Morgan fingerprint density at radius 3 is 1.92 bits per heavy atom. The van der Waals surface area contributed by atoms with Crippen molar-refractivity contribution >= 4 is 24.7 Å². The van der Waals surface area contributed by atoms with Gasteiger partial charge in [0.15, 0.2) is 0 Å². The lowest BCUT2D eigenvalue weighted by molar-refractivity contribution is -0.113. The lowest BCUT2D eigenvalue weighted by Gasteiger charge is -2.29. The van der Waals surface area contributed by atoms with Gasteiger partial charge in [0.05, 0.1) is 0 Å². The number of nitrogens with two attached hydrogens (primary N) is 1. The molecule has 0 unspecified atom stereocenters. The van der Waals surface area contributed by atoms with Crippen LogP contribution >= 0.6 is 19.5 Å². The Kier molecular flexibility index (Phi) is 4.62. The van der Waals surface area contributed by atoms with Crippen molar-refractivity contribution in [2.24, 2.45) is 5.14 Å². The topological polar surface area (TPSA) is 101 Å². The van der Waals surface area contributed by atoms with Crippen LogP contribution in [0.4, 0.5) is 0 Å². The van der Waals surface area contributed by atoms with Crippen LogP contribution in [0.5, 0.6) is 0 Å². The second kappa shape index (κ2) is 4.57. The monoisotopic (exact) mass is 227 g/mol. The van der Waals surface area contributed by atoms with Gasteiger partial charge in [0, 0.05) is 0 Å². The summed E-state index contributed by atoms with van der Waals surface area (Å²) in [5.74, 6) is 0. The zero-order valence-electron chi connectivity index (χ0n) is 7.56. The summed E-state index contributed by atoms with van der Waals surface area (Å²) in [7, 11) is -4.43. The first-order valence-electron chi connectivity index (χ1n) is 3.82. The molecule has 0 saturated heterocycles. The Bertz CT molecular complexity index is 235. The molecule has 0 bridgehead atoms. The highest BCUT2D eigenvalue weighted by molar-refractivity contribution is 8.12. The molecule has 0 aromatic carbocycles. The molecule has 0 saturated carbocycles. The highest BCUT2D eigenvalue weighted by Crippen LogP contribution is 2.55. The molecule has 0 aliphatic heterocycles. The molecule has 0 amide bonds. The summed E-state index contributed by atoms with van der Waals surface area (Å²) in [5.41, 5.74) is 0. The molecule has 0 heterocycles. The molecule has 7 heteroatoms. The first-order valence-corrected chi connectivity index (χ1v) is 6.31. The van der Waals surface area contributed by atoms with Crippen LogP contribution in [0.1, 0.15) is 26.7 Å². The molecule has 0 atom stereocenters. The van der Waals surface area contributed by atoms with Crippen LogP contribution in [0.25, 0.3) is 0 Å². The van der Waals surface area contributed by atoms with Crippen molar-refractivity contribution < 1.29 is 19.1 Å². The Balaban J connectivity index is 5.16. The van der Waals surface area contributed by atoms with Crippen molar-refractivity contribution in [3.8, 4) is 0 Å². The number of hydrogen-bond acceptors (Lipinski definition) is 4. The van der Waals surface area contributed by atoms with Crippen molar-refractivity contribution in [2.75, 3.05) is 0 Å². The first-order chi connectivity index (χ1) is 5.85. The molecule has 5 nitrogen and oxygen atoms in total. The third-order valence-electron chi connectivity index (χ3n) is 2.21. The minimum Gasteiger partial charge on any atom is -0.324 e. The van der Waals surface area contributed by atoms with Gasteiger partial charge in [0.2, 0.25) is 5.12 Å². The zero-order chi connectivity index (χ0) is 10.7. The van der Waals surface area contributed by atoms with Crippen molar-refractivity contribution in [3.63, 3.8) is 0 Å². The molecular formula is C6H14NO4PS. The Morgan fingerprint density at radius 2 is 1.85 bits per heavy atom. The highest BCUT2D eigenvalue weighted by Gasteiger charge is 2.50. The fourth-order valence-corrected chi connectivity index (χ4v) is 3.26. The molecule has 0 aliphatic rings. The maximum absolute atomic E-state index is 11.3. The summed E-state index contributed by atoms with van der Waals surface area (Å²) in [6.45, 7) is 3.13. The Morgan fingerprint density at radius 1 is 1.46 bits per heavy atom. The SMILES string of the molecule is CCC(CC)(C(=O)SN)P(=O)(O)O. The summed E-state index contributed by atoms with van der Waals surface area (Å²) in [6.07, 6.45) is 0.188. The largest absolute Gasteiger partial charge is 0.339 e. The predicted molar refractivity (Wildman–Crippen MR) is 52.1 cm³/mol. The number of hydrogen-bond donors (Lipinski definition) is 3. The molecule has 0 spiro atoms. The summed E-state index contributed by atoms with van der Waals surface area (Å²) >= 11 is 0.377. The van der Waals surface area contributed by atoms with Crippen molar-refractivity contribution in [2.45, 2.75) is 31.8 Å². The van der Waals surface area contributed by atoms with Crippen LogP contribution in [0.3, 0.4) is 0 Å². The molecular weight excluding hydrogens is 213 g/mol. The normalized spacial score (nSPS) is 13.0. The summed E-state index contributed by atoms with van der Waals surface area (Å²) < 4.78 is 11.1. The molecule has 78 valence electrons. The van der Waals surface area contributed by atoms with Crippen molar-refractivity contribution in [1.82, 2.24) is 0 Å². The molecule has 0 aromatic heterocycles. The van der Waals surface area contributed by atoms with Gasteiger partial charge in [0.1, 0.15) is 5.16 Å². The van der Waals surface area contributed by atoms with Gasteiger partial charge in [-0.3, -0.25) is 14.5 Å². The summed E-state index contributed by atoms with van der Waals surface area (Å²) in [4.78, 5) is 29.4. The minimum absolute atomic E-state index is 0.0941. The van der Waals surface area contributed by atoms with E-state index < -0.39 is 17.9 Å². The minimum atomic E-state index is -4.43. The van der Waals surface area contributed by atoms with E-state index in [1.54, 1.807) is 13.8 Å². The molecule has 0 aromatic rings. The van der Waals surface area contributed by atoms with E-state index >= 15 is 0 Å². The van der Waals surface area contributed by atoms with Crippen LogP contribution in [0, 0.1) is 0 Å². The third kappa shape index (κ3) is 2.33. The van der Waals surface area contributed by atoms with Crippen LogP contribution in [0.2, 0.25) is 0 Å². The molecule has 0 fully saturated rings. The van der Waals surface area contributed by atoms with Gasteiger partial charge in [-0.05, 0) is 24.8 Å². The quantitative estimate of drug-likeness (QED) is 0.486. The van der Waals surface area contributed by atoms with Crippen LogP contribution in [-0.4, -0.2) is 20.1 Å². The second-order valence-corrected chi connectivity index (χ2v) is 5.24. The summed E-state index contributed by atoms with van der Waals surface area (Å²) in [5, 5.41) is 2.78. The van der Waals surface area contributed by atoms with E-state index in [0.29, 0.717) is 11.9 Å². The standard InChI is InChI=1S/C6H14NO4PS/c1-3-6(4-2,5(8)13-7)12(9,10)11/h3-4,7H2,1-2H3,(H2,9,10,11). The van der Waals surface area contributed by atoms with Gasteiger partial charge < -0.3 is 9.79 Å². The van der Waals surface area contributed by atoms with Gasteiger partial charge in [-0.25, -0.2) is 0 Å². The van der Waals surface area contributed by atoms with Gasteiger partial charge in [0.25, 0.3) is 0 Å². The first kappa shape index (κ1) is 13.1. The van der Waals surface area contributed by atoms with Crippen molar-refractivity contribution in [1.29, 1.82) is 0 Å². The maximum atomic E-state index is 11.3. The van der Waals surface area contributed by atoms with Crippen LogP contribution < -0.4 is 5.14 Å². The fraction of sp³-hybridized carbons (Fsp3) is 0.833. The molecule has 0 radical (unpaired) electrons. The Labute approximate surface area is 81.4 Å². The molecule has 4 N–H and O–H groups in total. The van der Waals surface area contributed by atoms with Gasteiger partial charge >= 0.3 is 7.60 Å². The van der Waals surface area contributed by atoms with Crippen molar-refractivity contribution in [3.05, 3.63) is 0 Å². The number of carbonyl (C=O) groups is 1. The lowest BCUT2D eigenvalue weighted by Crippen LogP contribution is -2.36. The molecule has 0 aliphatic carbocycles.